The van der Waals surface area contributed by atoms with Crippen LogP contribution in [0.15, 0.2) is 12.4 Å². The lowest BCUT2D eigenvalue weighted by Gasteiger charge is -2.38. The zero-order valence-electron chi connectivity index (χ0n) is 10.2. The molecule has 1 radical (unpaired) electrons. The summed E-state index contributed by atoms with van der Waals surface area (Å²) >= 11 is 0. The van der Waals surface area contributed by atoms with Gasteiger partial charge in [0.2, 0.25) is 0 Å². The Kier molecular flexibility index (Phi) is 3.92. The molecule has 0 spiro atoms. The molecule has 6 heteroatoms. The Bertz CT molecular complexity index is 348. The second kappa shape index (κ2) is 4.68. The highest BCUT2D eigenvalue weighted by Gasteiger charge is 2.33. The van der Waals surface area contributed by atoms with Crippen molar-refractivity contribution in [1.82, 2.24) is 9.97 Å². The van der Waals surface area contributed by atoms with E-state index in [0.29, 0.717) is 11.4 Å². The summed E-state index contributed by atoms with van der Waals surface area (Å²) < 4.78 is 5.73. The third-order valence-corrected chi connectivity index (χ3v) is 3.41. The van der Waals surface area contributed by atoms with E-state index in [9.17, 15) is 0 Å². The van der Waals surface area contributed by atoms with Gasteiger partial charge >= 0.3 is 7.48 Å². The quantitative estimate of drug-likeness (QED) is 0.621. The third kappa shape index (κ3) is 3.43. The minimum Gasteiger partial charge on any atom is -0.427 e. The van der Waals surface area contributed by atoms with Gasteiger partial charge < -0.3 is 10.4 Å². The summed E-state index contributed by atoms with van der Waals surface area (Å²) in [5, 5.41) is -0.0370. The van der Waals surface area contributed by atoms with Gasteiger partial charge in [-0.3, -0.25) is 4.98 Å². The highest BCUT2D eigenvalue weighted by molar-refractivity contribution is 7.19. The van der Waals surface area contributed by atoms with E-state index < -0.39 is 0 Å². The molecule has 4 nitrogen and oxygen atoms in total. The minimum atomic E-state index is -0.305. The molecular weight excluding hydrogens is 220 g/mol. The van der Waals surface area contributed by atoms with Crippen molar-refractivity contribution in [2.24, 2.45) is 0 Å². The van der Waals surface area contributed by atoms with E-state index in [0.717, 1.165) is 0 Å². The van der Waals surface area contributed by atoms with E-state index in [1.165, 1.54) is 6.20 Å². The first kappa shape index (κ1) is 13.4. The van der Waals surface area contributed by atoms with Crippen LogP contribution < -0.4 is 11.3 Å². The van der Waals surface area contributed by atoms with Gasteiger partial charge in [-0.2, -0.15) is 0 Å². The number of nitrogen functional groups attached to an aromatic ring is 1. The van der Waals surface area contributed by atoms with E-state index in [4.69, 9.17) is 10.4 Å². The Labute approximate surface area is 99.9 Å². The second-order valence-corrected chi connectivity index (χ2v) is 6.28. The molecule has 0 aliphatic rings. The fourth-order valence-corrected chi connectivity index (χ4v) is 0.836. The van der Waals surface area contributed by atoms with E-state index in [1.807, 2.05) is 13.8 Å². The smallest absolute Gasteiger partial charge is 0.353 e. The van der Waals surface area contributed by atoms with Gasteiger partial charge in [0, 0.05) is 11.4 Å². The van der Waals surface area contributed by atoms with Crippen LogP contribution in [0.1, 0.15) is 27.7 Å². The van der Waals surface area contributed by atoms with Crippen molar-refractivity contribution in [2.45, 2.75) is 38.5 Å². The van der Waals surface area contributed by atoms with Crippen molar-refractivity contribution < 1.29 is 4.65 Å². The Hall–Kier alpha value is -0.665. The average molecular weight is 238 g/mol. The van der Waals surface area contributed by atoms with Gasteiger partial charge in [-0.15, -0.1) is 9.24 Å². The molecule has 0 saturated carbocycles. The maximum atomic E-state index is 5.73. The molecule has 0 aliphatic heterocycles. The second-order valence-electron chi connectivity index (χ2n) is 4.83. The largest absolute Gasteiger partial charge is 0.427 e. The molecule has 16 heavy (non-hydrogen) atoms. The summed E-state index contributed by atoms with van der Waals surface area (Å²) in [6.07, 6.45) is 3.09. The Balaban J connectivity index is 2.61. The molecule has 1 aromatic rings. The van der Waals surface area contributed by atoms with Gasteiger partial charge in [0.05, 0.1) is 17.4 Å². The molecule has 1 unspecified atom stereocenters. The molecular formula is C10H18BN3OP. The number of hydrogen-bond acceptors (Lipinski definition) is 4. The summed E-state index contributed by atoms with van der Waals surface area (Å²) in [6.45, 7) is 8.25. The van der Waals surface area contributed by atoms with Crippen LogP contribution in [-0.2, 0) is 4.65 Å². The summed E-state index contributed by atoms with van der Waals surface area (Å²) in [6, 6.07) is 0. The molecule has 87 valence electrons. The Morgan fingerprint density at radius 2 is 1.88 bits per heavy atom. The number of rotatable bonds is 4. The van der Waals surface area contributed by atoms with Crippen LogP contribution in [-0.4, -0.2) is 28.2 Å². The van der Waals surface area contributed by atoms with Crippen LogP contribution in [0, 0.1) is 0 Å². The first-order valence-corrected chi connectivity index (χ1v) is 5.67. The van der Waals surface area contributed by atoms with Crippen molar-refractivity contribution in [3.05, 3.63) is 12.4 Å². The molecule has 0 saturated heterocycles. The standard InChI is InChI=1S/C10H18BN3OP/c1-9(2,10(3,4)16)15-11-7-5-14-8(12)6-13-7/h5-6H,16H2,1-4H3,(H2,12,14). The van der Waals surface area contributed by atoms with E-state index >= 15 is 0 Å². The number of aromatic nitrogens is 2. The topological polar surface area (TPSA) is 61.0 Å². The highest BCUT2D eigenvalue weighted by atomic mass is 31.0. The monoisotopic (exact) mass is 238 g/mol. The summed E-state index contributed by atoms with van der Waals surface area (Å²) in [7, 11) is 4.39. The molecule has 2 N–H and O–H groups in total. The predicted molar refractivity (Wildman–Crippen MR) is 70.8 cm³/mol. The number of nitrogens with two attached hydrogens (primary N) is 1. The van der Waals surface area contributed by atoms with Crippen molar-refractivity contribution in [3.63, 3.8) is 0 Å². The highest BCUT2D eigenvalue weighted by Crippen LogP contribution is 2.32. The van der Waals surface area contributed by atoms with Gasteiger partial charge in [0.25, 0.3) is 0 Å². The van der Waals surface area contributed by atoms with Crippen LogP contribution in [0.4, 0.5) is 5.82 Å². The van der Waals surface area contributed by atoms with Gasteiger partial charge in [0.15, 0.2) is 0 Å². The molecule has 1 atom stereocenters. The maximum Gasteiger partial charge on any atom is 0.353 e. The molecule has 0 amide bonds. The fourth-order valence-electron chi connectivity index (χ4n) is 0.768. The van der Waals surface area contributed by atoms with Crippen LogP contribution in [0.25, 0.3) is 0 Å². The van der Waals surface area contributed by atoms with Crippen LogP contribution in [0.2, 0.25) is 0 Å². The van der Waals surface area contributed by atoms with E-state index in [-0.39, 0.29) is 10.8 Å². The van der Waals surface area contributed by atoms with Gasteiger partial charge in [-0.05, 0) is 13.8 Å². The molecule has 0 aromatic carbocycles. The average Bonchev–Trinajstić information content (AvgIpc) is 2.15. The summed E-state index contributed by atoms with van der Waals surface area (Å²) in [5.41, 5.74) is 5.80. The zero-order chi connectivity index (χ0) is 12.4. The first-order valence-electron chi connectivity index (χ1n) is 5.10. The SMILES string of the molecule is CC(C)(P)C(C)(C)O[B]c1cnc(N)cn1. The zero-order valence-corrected chi connectivity index (χ0v) is 11.3. The van der Waals surface area contributed by atoms with Crippen LogP contribution >= 0.6 is 9.24 Å². The van der Waals surface area contributed by atoms with Gasteiger partial charge in [-0.25, -0.2) is 4.98 Å². The van der Waals surface area contributed by atoms with Crippen molar-refractivity contribution in [3.8, 4) is 0 Å². The molecule has 0 aliphatic carbocycles. The number of nitrogens with zero attached hydrogens (tertiary/aromatic N) is 2. The lowest BCUT2D eigenvalue weighted by atomic mass is 9.87. The van der Waals surface area contributed by atoms with Crippen LogP contribution in [0.5, 0.6) is 0 Å². The van der Waals surface area contributed by atoms with E-state index in [1.54, 1.807) is 13.7 Å². The molecule has 1 heterocycles. The summed E-state index contributed by atoms with van der Waals surface area (Å²) in [5.74, 6) is 0.405. The normalized spacial score (nSPS) is 12.6. The minimum absolute atomic E-state index is 0.0370. The van der Waals surface area contributed by atoms with Crippen molar-refractivity contribution in [2.75, 3.05) is 5.73 Å². The molecule has 0 bridgehead atoms. The molecule has 1 aromatic heterocycles. The van der Waals surface area contributed by atoms with Crippen molar-refractivity contribution in [1.29, 1.82) is 0 Å². The predicted octanol–water partition coefficient (Wildman–Crippen LogP) is 0.752. The maximum absolute atomic E-state index is 5.73. The molecule has 1 rings (SSSR count). The number of anilines is 1. The first-order chi connectivity index (χ1) is 7.22. The molecule has 0 fully saturated rings. The Morgan fingerprint density at radius 1 is 1.25 bits per heavy atom. The van der Waals surface area contributed by atoms with Crippen LogP contribution in [0.3, 0.4) is 0 Å². The lowest BCUT2D eigenvalue weighted by molar-refractivity contribution is 0.0839. The summed E-state index contributed by atoms with van der Waals surface area (Å²) in [4.78, 5) is 8.03. The number of hydrogen-bond donors (Lipinski definition) is 1. The Morgan fingerprint density at radius 3 is 2.31 bits per heavy atom. The van der Waals surface area contributed by atoms with Crippen molar-refractivity contribution >= 4 is 28.1 Å². The van der Waals surface area contributed by atoms with Gasteiger partial charge in [-0.1, -0.05) is 13.8 Å². The third-order valence-electron chi connectivity index (χ3n) is 2.72. The van der Waals surface area contributed by atoms with E-state index in [2.05, 4.69) is 33.1 Å². The lowest BCUT2D eigenvalue weighted by Crippen LogP contribution is -2.45. The van der Waals surface area contributed by atoms with Gasteiger partial charge in [0.1, 0.15) is 5.82 Å². The fraction of sp³-hybridized carbons (Fsp3) is 0.600.